The summed E-state index contributed by atoms with van der Waals surface area (Å²) in [5, 5.41) is 0. The van der Waals surface area contributed by atoms with Gasteiger partial charge in [0.25, 0.3) is 0 Å². The molecule has 0 heterocycles. The lowest BCUT2D eigenvalue weighted by Gasteiger charge is -2.14. The van der Waals surface area contributed by atoms with Crippen LogP contribution in [0.25, 0.3) is 0 Å². The summed E-state index contributed by atoms with van der Waals surface area (Å²) in [6.07, 6.45) is -4.70. The van der Waals surface area contributed by atoms with Gasteiger partial charge in [-0.15, -0.1) is 13.2 Å². The Labute approximate surface area is 79.2 Å². The molecule has 0 atom stereocenters. The van der Waals surface area contributed by atoms with Crippen molar-refractivity contribution in [2.75, 3.05) is 7.11 Å². The molecule has 78 valence electrons. The molecule has 0 radical (unpaired) electrons. The van der Waals surface area contributed by atoms with Crippen molar-refractivity contribution in [3.05, 3.63) is 23.8 Å². The van der Waals surface area contributed by atoms with Gasteiger partial charge in [0.15, 0.2) is 11.5 Å². The quantitative estimate of drug-likeness (QED) is 0.740. The lowest BCUT2D eigenvalue weighted by atomic mass is 10.2. The highest BCUT2D eigenvalue weighted by atomic mass is 19.4. The zero-order valence-electron chi connectivity index (χ0n) is 7.68. The Kier molecular flexibility index (Phi) is 2.88. The Balaban J connectivity index is 3.05. The molecular formula is C9H9F3O2. The Morgan fingerprint density at radius 2 is 1.86 bits per heavy atom. The van der Waals surface area contributed by atoms with Gasteiger partial charge in [-0.05, 0) is 18.6 Å². The second-order valence-corrected chi connectivity index (χ2v) is 2.65. The summed E-state index contributed by atoms with van der Waals surface area (Å²) in [6.45, 7) is 1.52. The number of hydrogen-bond acceptors (Lipinski definition) is 2. The van der Waals surface area contributed by atoms with Gasteiger partial charge < -0.3 is 9.47 Å². The van der Waals surface area contributed by atoms with Gasteiger partial charge in [0.1, 0.15) is 0 Å². The molecule has 1 rings (SSSR count). The average Bonchev–Trinajstić information content (AvgIpc) is 2.06. The normalized spacial score (nSPS) is 11.2. The van der Waals surface area contributed by atoms with E-state index in [-0.39, 0.29) is 11.5 Å². The van der Waals surface area contributed by atoms with Crippen molar-refractivity contribution < 1.29 is 22.6 Å². The Morgan fingerprint density at radius 1 is 1.21 bits per heavy atom. The predicted molar refractivity (Wildman–Crippen MR) is 44.4 cm³/mol. The first-order chi connectivity index (χ1) is 6.44. The van der Waals surface area contributed by atoms with Crippen LogP contribution in [0.3, 0.4) is 0 Å². The van der Waals surface area contributed by atoms with Crippen LogP contribution in [0.1, 0.15) is 5.56 Å². The average molecular weight is 206 g/mol. The molecule has 0 saturated heterocycles. The van der Waals surface area contributed by atoms with Crippen molar-refractivity contribution in [3.63, 3.8) is 0 Å². The summed E-state index contributed by atoms with van der Waals surface area (Å²) in [6, 6.07) is 4.52. The van der Waals surface area contributed by atoms with E-state index in [9.17, 15) is 13.2 Å². The maximum atomic E-state index is 12.0. The first-order valence-electron chi connectivity index (χ1n) is 3.83. The van der Waals surface area contributed by atoms with Crippen LogP contribution in [0.4, 0.5) is 13.2 Å². The highest BCUT2D eigenvalue weighted by molar-refractivity contribution is 5.45. The molecule has 0 saturated carbocycles. The van der Waals surface area contributed by atoms with Crippen molar-refractivity contribution in [3.8, 4) is 11.5 Å². The van der Waals surface area contributed by atoms with E-state index < -0.39 is 6.36 Å². The molecule has 0 unspecified atom stereocenters. The minimum absolute atomic E-state index is 0.0716. The van der Waals surface area contributed by atoms with Crippen molar-refractivity contribution in [1.29, 1.82) is 0 Å². The van der Waals surface area contributed by atoms with Crippen LogP contribution >= 0.6 is 0 Å². The van der Waals surface area contributed by atoms with E-state index >= 15 is 0 Å². The number of rotatable bonds is 2. The monoisotopic (exact) mass is 206 g/mol. The van der Waals surface area contributed by atoms with Crippen molar-refractivity contribution in [2.45, 2.75) is 13.3 Å². The molecule has 0 aliphatic carbocycles. The van der Waals surface area contributed by atoms with Gasteiger partial charge in [-0.3, -0.25) is 0 Å². The fraction of sp³-hybridized carbons (Fsp3) is 0.333. The molecule has 1 aromatic carbocycles. The van der Waals surface area contributed by atoms with Gasteiger partial charge >= 0.3 is 6.36 Å². The zero-order valence-corrected chi connectivity index (χ0v) is 7.68. The van der Waals surface area contributed by atoms with E-state index in [1.54, 1.807) is 6.07 Å². The molecule has 5 heteroatoms. The molecule has 0 aliphatic heterocycles. The molecule has 0 amide bonds. The maximum absolute atomic E-state index is 12.0. The number of hydrogen-bond donors (Lipinski definition) is 0. The number of ether oxygens (including phenoxy) is 2. The number of halogens is 3. The molecule has 1 aromatic rings. The zero-order chi connectivity index (χ0) is 10.8. The van der Waals surface area contributed by atoms with E-state index in [4.69, 9.17) is 4.74 Å². The van der Waals surface area contributed by atoms with Crippen molar-refractivity contribution >= 4 is 0 Å². The van der Waals surface area contributed by atoms with E-state index in [1.165, 1.54) is 26.2 Å². The minimum Gasteiger partial charge on any atom is -0.493 e. The summed E-state index contributed by atoms with van der Waals surface area (Å²) in [4.78, 5) is 0. The fourth-order valence-electron chi connectivity index (χ4n) is 1.03. The Morgan fingerprint density at radius 3 is 2.36 bits per heavy atom. The SMILES string of the molecule is COc1cccc(C)c1OC(F)(F)F. The highest BCUT2D eigenvalue weighted by Gasteiger charge is 2.33. The molecule has 0 aliphatic rings. The van der Waals surface area contributed by atoms with Crippen LogP contribution in [0.5, 0.6) is 11.5 Å². The second-order valence-electron chi connectivity index (χ2n) is 2.65. The highest BCUT2D eigenvalue weighted by Crippen LogP contribution is 2.34. The van der Waals surface area contributed by atoms with E-state index in [0.717, 1.165) is 0 Å². The third-order valence-electron chi connectivity index (χ3n) is 1.61. The first-order valence-corrected chi connectivity index (χ1v) is 3.83. The van der Waals surface area contributed by atoms with E-state index in [2.05, 4.69) is 4.74 Å². The number of alkyl halides is 3. The fourth-order valence-corrected chi connectivity index (χ4v) is 1.03. The summed E-state index contributed by atoms with van der Waals surface area (Å²) in [5.41, 5.74) is 0.377. The molecule has 14 heavy (non-hydrogen) atoms. The molecule has 0 bridgehead atoms. The summed E-state index contributed by atoms with van der Waals surface area (Å²) in [5.74, 6) is -0.218. The predicted octanol–water partition coefficient (Wildman–Crippen LogP) is 2.90. The van der Waals surface area contributed by atoms with Gasteiger partial charge in [-0.1, -0.05) is 12.1 Å². The Hall–Kier alpha value is -1.39. The summed E-state index contributed by atoms with van der Waals surface area (Å²) in [7, 11) is 1.29. The largest absolute Gasteiger partial charge is 0.573 e. The standard InChI is InChI=1S/C9H9F3O2/c1-6-4-3-5-7(13-2)8(6)14-9(10,11)12/h3-5H,1-2H3. The molecule has 0 aromatic heterocycles. The molecule has 0 fully saturated rings. The number of para-hydroxylation sites is 1. The van der Waals surface area contributed by atoms with E-state index in [0.29, 0.717) is 5.56 Å². The first kappa shape index (κ1) is 10.7. The van der Waals surface area contributed by atoms with Gasteiger partial charge in [0.2, 0.25) is 0 Å². The van der Waals surface area contributed by atoms with Gasteiger partial charge in [-0.25, -0.2) is 0 Å². The van der Waals surface area contributed by atoms with Gasteiger partial charge in [0.05, 0.1) is 7.11 Å². The van der Waals surface area contributed by atoms with E-state index in [1.807, 2.05) is 0 Å². The third kappa shape index (κ3) is 2.55. The van der Waals surface area contributed by atoms with Crippen molar-refractivity contribution in [1.82, 2.24) is 0 Å². The van der Waals surface area contributed by atoms with Gasteiger partial charge in [0, 0.05) is 0 Å². The van der Waals surface area contributed by atoms with Crippen LogP contribution in [0, 0.1) is 6.92 Å². The smallest absolute Gasteiger partial charge is 0.493 e. The minimum atomic E-state index is -4.70. The lowest BCUT2D eigenvalue weighted by molar-refractivity contribution is -0.275. The number of aryl methyl sites for hydroxylation is 1. The number of methoxy groups -OCH3 is 1. The van der Waals surface area contributed by atoms with Crippen LogP contribution in [-0.4, -0.2) is 13.5 Å². The van der Waals surface area contributed by atoms with Crippen LogP contribution in [-0.2, 0) is 0 Å². The maximum Gasteiger partial charge on any atom is 0.573 e. The van der Waals surface area contributed by atoms with Crippen molar-refractivity contribution in [2.24, 2.45) is 0 Å². The van der Waals surface area contributed by atoms with Crippen LogP contribution in [0.15, 0.2) is 18.2 Å². The van der Waals surface area contributed by atoms with Crippen LogP contribution in [0.2, 0.25) is 0 Å². The number of benzene rings is 1. The molecular weight excluding hydrogens is 197 g/mol. The molecule has 0 N–H and O–H groups in total. The van der Waals surface area contributed by atoms with Crippen LogP contribution < -0.4 is 9.47 Å². The van der Waals surface area contributed by atoms with Gasteiger partial charge in [-0.2, -0.15) is 0 Å². The summed E-state index contributed by atoms with van der Waals surface area (Å²) < 4.78 is 44.5. The molecule has 2 nitrogen and oxygen atoms in total. The Bertz CT molecular complexity index is 320. The molecule has 0 spiro atoms. The third-order valence-corrected chi connectivity index (χ3v) is 1.61. The summed E-state index contributed by atoms with van der Waals surface area (Å²) >= 11 is 0. The topological polar surface area (TPSA) is 18.5 Å². The second kappa shape index (κ2) is 3.77. The lowest BCUT2D eigenvalue weighted by Crippen LogP contribution is -2.18.